The zero-order valence-corrected chi connectivity index (χ0v) is 12.6. The van der Waals surface area contributed by atoms with Crippen LogP contribution in [0.3, 0.4) is 0 Å². The van der Waals surface area contributed by atoms with Gasteiger partial charge in [0.15, 0.2) is 0 Å². The predicted molar refractivity (Wildman–Crippen MR) is 75.8 cm³/mol. The first-order valence-corrected chi connectivity index (χ1v) is 8.83. The molecule has 0 amide bonds. The number of sulfonamides is 1. The monoisotopic (exact) mass is 298 g/mol. The second-order valence-electron chi connectivity index (χ2n) is 5.61. The van der Waals surface area contributed by atoms with E-state index >= 15 is 0 Å². The second kappa shape index (κ2) is 5.46. The van der Waals surface area contributed by atoms with Crippen LogP contribution < -0.4 is 5.32 Å². The summed E-state index contributed by atoms with van der Waals surface area (Å²) in [5, 5.41) is 7.56. The van der Waals surface area contributed by atoms with Crippen molar-refractivity contribution >= 4 is 10.0 Å². The minimum absolute atomic E-state index is 0.199. The molecular formula is C13H22N4O2S. The van der Waals surface area contributed by atoms with Gasteiger partial charge in [0.05, 0.1) is 12.7 Å². The standard InChI is InChI=1S/C13H22N4O2S/c1-2-17(12-5-6-12)20(18,19)13-9-15-16(10-13)8-7-14-11-3-4-11/h9-12,14H,2-8H2,1H3. The third-order valence-electron chi connectivity index (χ3n) is 3.83. The highest BCUT2D eigenvalue weighted by Gasteiger charge is 2.37. The summed E-state index contributed by atoms with van der Waals surface area (Å²) < 4.78 is 28.3. The topological polar surface area (TPSA) is 67.2 Å². The van der Waals surface area contributed by atoms with Crippen LogP contribution in [0.25, 0.3) is 0 Å². The highest BCUT2D eigenvalue weighted by molar-refractivity contribution is 7.89. The average molecular weight is 298 g/mol. The number of hydrogen-bond donors (Lipinski definition) is 1. The number of nitrogens with zero attached hydrogens (tertiary/aromatic N) is 3. The molecular weight excluding hydrogens is 276 g/mol. The van der Waals surface area contributed by atoms with E-state index in [4.69, 9.17) is 0 Å². The molecule has 1 N–H and O–H groups in total. The summed E-state index contributed by atoms with van der Waals surface area (Å²) in [5.74, 6) is 0. The van der Waals surface area contributed by atoms with Gasteiger partial charge in [0, 0.05) is 31.4 Å². The fraction of sp³-hybridized carbons (Fsp3) is 0.769. The summed E-state index contributed by atoms with van der Waals surface area (Å²) in [7, 11) is -3.37. The molecule has 0 unspecified atom stereocenters. The van der Waals surface area contributed by atoms with E-state index in [1.54, 1.807) is 15.2 Å². The van der Waals surface area contributed by atoms with Gasteiger partial charge in [0.25, 0.3) is 0 Å². The highest BCUT2D eigenvalue weighted by atomic mass is 32.2. The molecule has 0 aromatic carbocycles. The summed E-state index contributed by atoms with van der Waals surface area (Å²) in [4.78, 5) is 0.317. The molecule has 7 heteroatoms. The van der Waals surface area contributed by atoms with Crippen molar-refractivity contribution in [2.24, 2.45) is 0 Å². The Morgan fingerprint density at radius 1 is 1.40 bits per heavy atom. The molecule has 112 valence electrons. The molecule has 20 heavy (non-hydrogen) atoms. The SMILES string of the molecule is CCN(C1CC1)S(=O)(=O)c1cnn(CCNC2CC2)c1. The Bertz CT molecular complexity index is 561. The van der Waals surface area contributed by atoms with Gasteiger partial charge in [-0.05, 0) is 25.7 Å². The quantitative estimate of drug-likeness (QED) is 0.771. The number of aromatic nitrogens is 2. The Labute approximate surface area is 120 Å². The van der Waals surface area contributed by atoms with E-state index in [1.165, 1.54) is 19.0 Å². The predicted octanol–water partition coefficient (Wildman–Crippen LogP) is 0.808. The van der Waals surface area contributed by atoms with Gasteiger partial charge in [0.1, 0.15) is 4.90 Å². The number of rotatable bonds is 8. The Kier molecular flexibility index (Phi) is 3.83. The molecule has 2 fully saturated rings. The van der Waals surface area contributed by atoms with E-state index in [1.807, 2.05) is 6.92 Å². The minimum atomic E-state index is -3.37. The molecule has 6 nitrogen and oxygen atoms in total. The molecule has 2 aliphatic rings. The van der Waals surface area contributed by atoms with Gasteiger partial charge in [0.2, 0.25) is 10.0 Å². The van der Waals surface area contributed by atoms with E-state index in [0.717, 1.165) is 19.4 Å². The lowest BCUT2D eigenvalue weighted by molar-refractivity contribution is 0.421. The maximum absolute atomic E-state index is 12.5. The largest absolute Gasteiger partial charge is 0.312 e. The Morgan fingerprint density at radius 2 is 2.15 bits per heavy atom. The smallest absolute Gasteiger partial charge is 0.246 e. The zero-order valence-electron chi connectivity index (χ0n) is 11.8. The van der Waals surface area contributed by atoms with Crippen LogP contribution in [-0.4, -0.2) is 47.7 Å². The molecule has 0 aliphatic heterocycles. The van der Waals surface area contributed by atoms with Crippen molar-refractivity contribution in [2.45, 2.75) is 56.1 Å². The second-order valence-corrected chi connectivity index (χ2v) is 7.50. The van der Waals surface area contributed by atoms with Crippen molar-refractivity contribution in [3.05, 3.63) is 12.4 Å². The van der Waals surface area contributed by atoms with Crippen LogP contribution in [0.4, 0.5) is 0 Å². The van der Waals surface area contributed by atoms with Crippen molar-refractivity contribution in [3.63, 3.8) is 0 Å². The van der Waals surface area contributed by atoms with Gasteiger partial charge in [-0.15, -0.1) is 0 Å². The van der Waals surface area contributed by atoms with Crippen LogP contribution in [0, 0.1) is 0 Å². The van der Waals surface area contributed by atoms with Crippen molar-refractivity contribution in [1.82, 2.24) is 19.4 Å². The summed E-state index contributed by atoms with van der Waals surface area (Å²) in [6.45, 7) is 3.97. The van der Waals surface area contributed by atoms with Crippen molar-refractivity contribution in [2.75, 3.05) is 13.1 Å². The fourth-order valence-corrected chi connectivity index (χ4v) is 4.04. The summed E-state index contributed by atoms with van der Waals surface area (Å²) >= 11 is 0. The first kappa shape index (κ1) is 14.0. The fourth-order valence-electron chi connectivity index (χ4n) is 2.39. The third kappa shape index (κ3) is 3.05. The van der Waals surface area contributed by atoms with Crippen LogP contribution in [0.15, 0.2) is 17.3 Å². The van der Waals surface area contributed by atoms with E-state index in [2.05, 4.69) is 10.4 Å². The average Bonchev–Trinajstić information content (AvgIpc) is 3.32. The summed E-state index contributed by atoms with van der Waals surface area (Å²) in [6, 6.07) is 0.865. The Hall–Kier alpha value is -0.920. The molecule has 0 spiro atoms. The van der Waals surface area contributed by atoms with E-state index < -0.39 is 10.0 Å². The molecule has 1 aromatic rings. The van der Waals surface area contributed by atoms with E-state index in [-0.39, 0.29) is 6.04 Å². The molecule has 3 rings (SSSR count). The molecule has 0 atom stereocenters. The Morgan fingerprint density at radius 3 is 2.75 bits per heavy atom. The molecule has 0 saturated heterocycles. The molecule has 2 saturated carbocycles. The van der Waals surface area contributed by atoms with Crippen LogP contribution in [-0.2, 0) is 16.6 Å². The van der Waals surface area contributed by atoms with Gasteiger partial charge in [-0.3, -0.25) is 4.68 Å². The lowest BCUT2D eigenvalue weighted by Gasteiger charge is -2.18. The molecule has 1 aromatic heterocycles. The molecule has 0 bridgehead atoms. The van der Waals surface area contributed by atoms with Crippen molar-refractivity contribution in [1.29, 1.82) is 0 Å². The molecule has 0 radical (unpaired) electrons. The summed E-state index contributed by atoms with van der Waals surface area (Å²) in [6.07, 6.45) is 7.59. The van der Waals surface area contributed by atoms with Gasteiger partial charge in [-0.1, -0.05) is 6.92 Å². The maximum atomic E-state index is 12.5. The third-order valence-corrected chi connectivity index (χ3v) is 5.81. The lowest BCUT2D eigenvalue weighted by Crippen LogP contribution is -2.32. The van der Waals surface area contributed by atoms with Crippen LogP contribution in [0.1, 0.15) is 32.6 Å². The van der Waals surface area contributed by atoms with E-state index in [9.17, 15) is 8.42 Å². The minimum Gasteiger partial charge on any atom is -0.312 e. The van der Waals surface area contributed by atoms with Gasteiger partial charge in [-0.2, -0.15) is 9.40 Å². The number of nitrogens with one attached hydrogen (secondary N) is 1. The van der Waals surface area contributed by atoms with Crippen molar-refractivity contribution in [3.8, 4) is 0 Å². The normalized spacial score (nSPS) is 19.7. The van der Waals surface area contributed by atoms with Crippen LogP contribution in [0.5, 0.6) is 0 Å². The van der Waals surface area contributed by atoms with Crippen LogP contribution in [0.2, 0.25) is 0 Å². The Balaban J connectivity index is 1.64. The molecule has 1 heterocycles. The number of hydrogen-bond acceptors (Lipinski definition) is 4. The maximum Gasteiger partial charge on any atom is 0.246 e. The van der Waals surface area contributed by atoms with Gasteiger partial charge >= 0.3 is 0 Å². The molecule has 2 aliphatic carbocycles. The van der Waals surface area contributed by atoms with Crippen LogP contribution >= 0.6 is 0 Å². The summed E-state index contributed by atoms with van der Waals surface area (Å²) in [5.41, 5.74) is 0. The van der Waals surface area contributed by atoms with Gasteiger partial charge < -0.3 is 5.32 Å². The van der Waals surface area contributed by atoms with Crippen molar-refractivity contribution < 1.29 is 8.42 Å². The first-order valence-electron chi connectivity index (χ1n) is 7.39. The zero-order chi connectivity index (χ0) is 14.2. The van der Waals surface area contributed by atoms with Gasteiger partial charge in [-0.25, -0.2) is 8.42 Å². The highest BCUT2D eigenvalue weighted by Crippen LogP contribution is 2.31. The van der Waals surface area contributed by atoms with E-state index in [0.29, 0.717) is 24.0 Å². The lowest BCUT2D eigenvalue weighted by atomic mass is 10.6. The first-order chi connectivity index (χ1) is 9.61.